The van der Waals surface area contributed by atoms with Gasteiger partial charge in [-0.3, -0.25) is 5.10 Å². The van der Waals surface area contributed by atoms with Crippen molar-refractivity contribution in [1.82, 2.24) is 35.4 Å². The molecule has 11 heteroatoms. The van der Waals surface area contributed by atoms with Crippen LogP contribution in [0, 0.1) is 0 Å². The Hall–Kier alpha value is -3.47. The number of ether oxygens (including phenoxy) is 1. The Balaban J connectivity index is 1.41. The van der Waals surface area contributed by atoms with Crippen LogP contribution in [0.2, 0.25) is 0 Å². The molecule has 180 valence electrons. The van der Waals surface area contributed by atoms with Crippen LogP contribution < -0.4 is 15.1 Å². The smallest absolute Gasteiger partial charge is 0.409 e. The number of H-pyrrole nitrogens is 1. The van der Waals surface area contributed by atoms with Gasteiger partial charge in [-0.15, -0.1) is 0 Å². The van der Waals surface area contributed by atoms with Gasteiger partial charge in [-0.1, -0.05) is 0 Å². The van der Waals surface area contributed by atoms with Crippen LogP contribution in [0.3, 0.4) is 0 Å². The highest BCUT2D eigenvalue weighted by molar-refractivity contribution is 5.89. The van der Waals surface area contributed by atoms with Gasteiger partial charge in [-0.25, -0.2) is 19.7 Å². The van der Waals surface area contributed by atoms with Gasteiger partial charge in [-0.05, 0) is 32.9 Å². The molecule has 0 saturated carbocycles. The van der Waals surface area contributed by atoms with Gasteiger partial charge in [0.1, 0.15) is 22.5 Å². The van der Waals surface area contributed by atoms with E-state index in [9.17, 15) is 4.79 Å². The minimum absolute atomic E-state index is 0.0398. The fourth-order valence-electron chi connectivity index (χ4n) is 4.98. The molecule has 5 heterocycles. The number of fused-ring (bicyclic) bond motifs is 1. The molecular weight excluding hydrogens is 434 g/mol. The number of methoxy groups -OCH3 is 1. The maximum atomic E-state index is 12.0. The number of aromatic nitrogens is 5. The van der Waals surface area contributed by atoms with Crippen molar-refractivity contribution >= 4 is 28.9 Å². The lowest BCUT2D eigenvalue weighted by atomic mass is 10.1. The largest absolute Gasteiger partial charge is 0.453 e. The Bertz CT molecular complexity index is 1150. The van der Waals surface area contributed by atoms with Crippen LogP contribution in [0.25, 0.3) is 22.3 Å². The summed E-state index contributed by atoms with van der Waals surface area (Å²) in [6, 6.07) is 4.62. The van der Waals surface area contributed by atoms with E-state index in [-0.39, 0.29) is 18.2 Å². The highest BCUT2D eigenvalue weighted by Crippen LogP contribution is 2.29. The number of amides is 1. The number of hydrogen-bond donors (Lipinski definition) is 2. The van der Waals surface area contributed by atoms with Crippen molar-refractivity contribution < 1.29 is 9.53 Å². The maximum Gasteiger partial charge on any atom is 0.409 e. The van der Waals surface area contributed by atoms with Crippen LogP contribution in [0.1, 0.15) is 20.8 Å². The molecule has 3 atom stereocenters. The summed E-state index contributed by atoms with van der Waals surface area (Å²) >= 11 is 0. The number of pyridine rings is 1. The van der Waals surface area contributed by atoms with Crippen LogP contribution in [0.4, 0.5) is 16.6 Å². The average molecular weight is 466 g/mol. The highest BCUT2D eigenvalue weighted by atomic mass is 16.5. The number of carbonyl (C=O) groups is 1. The molecule has 2 aliphatic heterocycles. The van der Waals surface area contributed by atoms with Crippen molar-refractivity contribution in [1.29, 1.82) is 0 Å². The summed E-state index contributed by atoms with van der Waals surface area (Å²) in [7, 11) is 1.41. The van der Waals surface area contributed by atoms with E-state index in [4.69, 9.17) is 14.7 Å². The van der Waals surface area contributed by atoms with Gasteiger partial charge in [0.05, 0.1) is 13.3 Å². The third kappa shape index (κ3) is 4.11. The summed E-state index contributed by atoms with van der Waals surface area (Å²) in [4.78, 5) is 32.4. The van der Waals surface area contributed by atoms with Gasteiger partial charge in [0.25, 0.3) is 0 Å². The molecule has 5 rings (SSSR count). The van der Waals surface area contributed by atoms with E-state index in [1.807, 2.05) is 18.3 Å². The summed E-state index contributed by atoms with van der Waals surface area (Å²) in [6.45, 7) is 10.2. The second-order valence-electron chi connectivity index (χ2n) is 9.19. The molecule has 2 N–H and O–H groups in total. The maximum absolute atomic E-state index is 12.0. The lowest BCUT2D eigenvalue weighted by Crippen LogP contribution is -2.58. The van der Waals surface area contributed by atoms with Crippen LogP contribution >= 0.6 is 0 Å². The van der Waals surface area contributed by atoms with Gasteiger partial charge in [-0.2, -0.15) is 5.10 Å². The Kier molecular flexibility index (Phi) is 5.94. The third-order valence-electron chi connectivity index (χ3n) is 6.59. The number of nitrogens with zero attached hydrogens (tertiary/aromatic N) is 7. The monoisotopic (exact) mass is 465 g/mol. The molecule has 3 unspecified atom stereocenters. The van der Waals surface area contributed by atoms with Gasteiger partial charge in [0.2, 0.25) is 5.95 Å². The zero-order chi connectivity index (χ0) is 23.8. The summed E-state index contributed by atoms with van der Waals surface area (Å²) in [5.41, 5.74) is 3.18. The Morgan fingerprint density at radius 1 is 1.09 bits per heavy atom. The number of carbonyl (C=O) groups excluding carboxylic acids is 1. The number of hydrogen-bond acceptors (Lipinski definition) is 9. The van der Waals surface area contributed by atoms with Crippen molar-refractivity contribution in [2.75, 3.05) is 49.6 Å². The molecule has 3 aromatic heterocycles. The zero-order valence-corrected chi connectivity index (χ0v) is 20.0. The quantitative estimate of drug-likeness (QED) is 0.598. The van der Waals surface area contributed by atoms with Gasteiger partial charge in [0.15, 0.2) is 0 Å². The molecule has 0 radical (unpaired) electrons. The van der Waals surface area contributed by atoms with E-state index in [1.165, 1.54) is 7.11 Å². The lowest BCUT2D eigenvalue weighted by molar-refractivity contribution is 0.109. The Morgan fingerprint density at radius 3 is 2.56 bits per heavy atom. The topological polar surface area (TPSA) is 115 Å². The molecular formula is C23H31N9O2. The normalized spacial score (nSPS) is 23.4. The molecule has 3 aromatic rings. The molecule has 0 spiro atoms. The highest BCUT2D eigenvalue weighted by Gasteiger charge is 2.34. The second kappa shape index (κ2) is 9.05. The van der Waals surface area contributed by atoms with Gasteiger partial charge in [0, 0.05) is 62.6 Å². The van der Waals surface area contributed by atoms with E-state index < -0.39 is 0 Å². The molecule has 0 aliphatic carbocycles. The second-order valence-corrected chi connectivity index (χ2v) is 9.19. The minimum atomic E-state index is -0.307. The van der Waals surface area contributed by atoms with Gasteiger partial charge < -0.3 is 24.8 Å². The summed E-state index contributed by atoms with van der Waals surface area (Å²) < 4.78 is 4.90. The van der Waals surface area contributed by atoms with Crippen LogP contribution in [0.5, 0.6) is 0 Å². The standard InChI is InChI=1S/C23H31N9O2/c1-14-11-30(8-7-24-14)19-6-5-17(9-25-19)20-21-18(28-29-20)10-26-22(27-21)32-15(2)12-31(13-16(32)3)23(33)34-4/h5-6,9-10,14-16,24H,7-8,11-13H2,1-4H3,(H,28,29). The Labute approximate surface area is 198 Å². The first-order valence-electron chi connectivity index (χ1n) is 11.7. The number of anilines is 2. The molecule has 2 saturated heterocycles. The molecule has 0 aromatic carbocycles. The SMILES string of the molecule is COC(=O)N1CC(C)N(c2ncc3[nH]nc(-c4ccc(N5CCNC(C)C5)nc4)c3n2)C(C)C1. The fourth-order valence-corrected chi connectivity index (χ4v) is 4.98. The predicted octanol–water partition coefficient (Wildman–Crippen LogP) is 1.88. The first-order chi connectivity index (χ1) is 16.4. The van der Waals surface area contributed by atoms with Crippen molar-refractivity contribution in [2.45, 2.75) is 38.9 Å². The third-order valence-corrected chi connectivity index (χ3v) is 6.59. The van der Waals surface area contributed by atoms with Crippen molar-refractivity contribution in [3.63, 3.8) is 0 Å². The van der Waals surface area contributed by atoms with E-state index in [0.29, 0.717) is 25.1 Å². The number of rotatable bonds is 3. The van der Waals surface area contributed by atoms with E-state index in [1.54, 1.807) is 11.1 Å². The van der Waals surface area contributed by atoms with E-state index >= 15 is 0 Å². The zero-order valence-electron chi connectivity index (χ0n) is 20.0. The summed E-state index contributed by atoms with van der Waals surface area (Å²) in [5.74, 6) is 1.59. The van der Waals surface area contributed by atoms with Gasteiger partial charge >= 0.3 is 6.09 Å². The summed E-state index contributed by atoms with van der Waals surface area (Å²) in [6.07, 6.45) is 3.32. The number of piperazine rings is 2. The summed E-state index contributed by atoms with van der Waals surface area (Å²) in [5, 5.41) is 11.0. The van der Waals surface area contributed by atoms with Crippen molar-refractivity contribution in [3.05, 3.63) is 24.5 Å². The minimum Gasteiger partial charge on any atom is -0.453 e. The average Bonchev–Trinajstić information content (AvgIpc) is 3.26. The molecule has 1 amide bonds. The fraction of sp³-hybridized carbons (Fsp3) is 0.522. The number of aromatic amines is 1. The van der Waals surface area contributed by atoms with Crippen LogP contribution in [0.15, 0.2) is 24.5 Å². The molecule has 2 aliphatic rings. The van der Waals surface area contributed by atoms with Crippen LogP contribution in [-0.2, 0) is 4.74 Å². The molecule has 11 nitrogen and oxygen atoms in total. The van der Waals surface area contributed by atoms with Crippen molar-refractivity contribution in [2.24, 2.45) is 0 Å². The van der Waals surface area contributed by atoms with Crippen LogP contribution in [-0.4, -0.2) is 94.1 Å². The number of nitrogens with one attached hydrogen (secondary N) is 2. The van der Waals surface area contributed by atoms with E-state index in [0.717, 1.165) is 47.7 Å². The van der Waals surface area contributed by atoms with Crippen molar-refractivity contribution in [3.8, 4) is 11.3 Å². The molecule has 34 heavy (non-hydrogen) atoms. The first kappa shape index (κ1) is 22.3. The molecule has 2 fully saturated rings. The first-order valence-corrected chi connectivity index (χ1v) is 11.7. The lowest BCUT2D eigenvalue weighted by Gasteiger charge is -2.43. The Morgan fingerprint density at radius 2 is 1.88 bits per heavy atom. The predicted molar refractivity (Wildman–Crippen MR) is 130 cm³/mol. The van der Waals surface area contributed by atoms with E-state index in [2.05, 4.69) is 51.1 Å². The molecule has 0 bridgehead atoms.